The normalized spacial score (nSPS) is 9.81. The minimum absolute atomic E-state index is 0.785. The fourth-order valence-electron chi connectivity index (χ4n) is 1.40. The molecule has 3 heteroatoms. The number of rotatable bonds is 3. The zero-order valence-electron chi connectivity index (χ0n) is 9.05. The van der Waals surface area contributed by atoms with E-state index < -0.39 is 0 Å². The summed E-state index contributed by atoms with van der Waals surface area (Å²) in [5.41, 5.74) is 2.66. The molecule has 0 N–H and O–H groups in total. The maximum absolute atomic E-state index is 5.10. The smallest absolute Gasteiger partial charge is 0.118 e. The molecule has 80 valence electrons. The number of benzene rings is 1. The van der Waals surface area contributed by atoms with Crippen LogP contribution in [0.4, 0.5) is 0 Å². The zero-order chi connectivity index (χ0) is 11.4. The van der Waals surface area contributed by atoms with Crippen molar-refractivity contribution in [2.75, 3.05) is 7.11 Å². The molecular weight excluding hydrogens is 200 g/mol. The van der Waals surface area contributed by atoms with Gasteiger partial charge in [0.05, 0.1) is 19.0 Å². The molecule has 0 fully saturated rings. The van der Waals surface area contributed by atoms with E-state index in [-0.39, 0.29) is 0 Å². The van der Waals surface area contributed by atoms with Gasteiger partial charge in [-0.1, -0.05) is 18.7 Å². The molecule has 0 saturated heterocycles. The second-order valence-electron chi connectivity index (χ2n) is 3.30. The molecule has 0 amide bonds. The molecule has 0 radical (unpaired) electrons. The van der Waals surface area contributed by atoms with Crippen LogP contribution in [0.25, 0.3) is 5.57 Å². The van der Waals surface area contributed by atoms with E-state index in [1.165, 1.54) is 0 Å². The highest BCUT2D eigenvalue weighted by molar-refractivity contribution is 5.75. The molecule has 0 saturated carbocycles. The number of hydrogen-bond donors (Lipinski definition) is 0. The molecular formula is C13H12N2O. The van der Waals surface area contributed by atoms with Crippen LogP contribution in [-0.4, -0.2) is 17.1 Å². The zero-order valence-corrected chi connectivity index (χ0v) is 9.05. The summed E-state index contributed by atoms with van der Waals surface area (Å²) in [4.78, 5) is 8.22. The van der Waals surface area contributed by atoms with Crippen LogP contribution in [0.5, 0.6) is 5.75 Å². The highest BCUT2D eigenvalue weighted by Crippen LogP contribution is 2.21. The molecule has 0 unspecified atom stereocenters. The van der Waals surface area contributed by atoms with Crippen molar-refractivity contribution in [2.45, 2.75) is 0 Å². The molecule has 3 nitrogen and oxygen atoms in total. The summed E-state index contributed by atoms with van der Waals surface area (Å²) < 4.78 is 5.10. The lowest BCUT2D eigenvalue weighted by Crippen LogP contribution is -1.91. The van der Waals surface area contributed by atoms with E-state index in [1.54, 1.807) is 25.7 Å². The fraction of sp³-hybridized carbons (Fsp3) is 0.0769. The summed E-state index contributed by atoms with van der Waals surface area (Å²) in [5.74, 6) is 0.829. The van der Waals surface area contributed by atoms with Gasteiger partial charge in [0.15, 0.2) is 0 Å². The van der Waals surface area contributed by atoms with Crippen LogP contribution in [0, 0.1) is 0 Å². The van der Waals surface area contributed by atoms with Gasteiger partial charge in [0.1, 0.15) is 5.75 Å². The second-order valence-corrected chi connectivity index (χ2v) is 3.30. The summed E-state index contributed by atoms with van der Waals surface area (Å²) in [6.07, 6.45) is 5.00. The van der Waals surface area contributed by atoms with Crippen molar-refractivity contribution >= 4 is 5.57 Å². The first-order chi connectivity index (χ1) is 7.81. The predicted octanol–water partition coefficient (Wildman–Crippen LogP) is 2.55. The van der Waals surface area contributed by atoms with E-state index >= 15 is 0 Å². The largest absolute Gasteiger partial charge is 0.497 e. The second kappa shape index (κ2) is 4.57. The van der Waals surface area contributed by atoms with Crippen molar-refractivity contribution < 1.29 is 4.74 Å². The molecule has 2 rings (SSSR count). The van der Waals surface area contributed by atoms with Crippen LogP contribution < -0.4 is 4.74 Å². The molecule has 1 heterocycles. The standard InChI is InChI=1S/C13H12N2O/c1-10(13-9-14-7-8-15-13)11-3-5-12(16-2)6-4-11/h3-9H,1H2,2H3. The number of nitrogens with zero attached hydrogens (tertiary/aromatic N) is 2. The van der Waals surface area contributed by atoms with Gasteiger partial charge in [0, 0.05) is 18.0 Å². The third kappa shape index (κ3) is 2.08. The summed E-state index contributed by atoms with van der Waals surface area (Å²) >= 11 is 0. The molecule has 0 spiro atoms. The maximum Gasteiger partial charge on any atom is 0.118 e. The summed E-state index contributed by atoms with van der Waals surface area (Å²) in [7, 11) is 1.65. The third-order valence-electron chi connectivity index (χ3n) is 2.31. The van der Waals surface area contributed by atoms with Crippen LogP contribution in [0.3, 0.4) is 0 Å². The van der Waals surface area contributed by atoms with Gasteiger partial charge in [0.2, 0.25) is 0 Å². The number of hydrogen-bond acceptors (Lipinski definition) is 3. The molecule has 0 aliphatic carbocycles. The van der Waals surface area contributed by atoms with E-state index in [1.807, 2.05) is 24.3 Å². The quantitative estimate of drug-likeness (QED) is 0.784. The van der Waals surface area contributed by atoms with Gasteiger partial charge in [0.25, 0.3) is 0 Å². The highest BCUT2D eigenvalue weighted by Gasteiger charge is 2.03. The first-order valence-corrected chi connectivity index (χ1v) is 4.91. The molecule has 1 aromatic carbocycles. The van der Waals surface area contributed by atoms with Crippen molar-refractivity contribution in [2.24, 2.45) is 0 Å². The van der Waals surface area contributed by atoms with Gasteiger partial charge in [-0.15, -0.1) is 0 Å². The van der Waals surface area contributed by atoms with Crippen LogP contribution in [0.2, 0.25) is 0 Å². The van der Waals surface area contributed by atoms with Gasteiger partial charge in [-0.05, 0) is 17.7 Å². The van der Waals surface area contributed by atoms with Crippen molar-refractivity contribution in [1.82, 2.24) is 9.97 Å². The summed E-state index contributed by atoms with van der Waals surface area (Å²) in [5, 5.41) is 0. The van der Waals surface area contributed by atoms with Gasteiger partial charge in [-0.3, -0.25) is 9.97 Å². The Morgan fingerprint density at radius 2 is 1.94 bits per heavy atom. The van der Waals surface area contributed by atoms with Crippen molar-refractivity contribution in [3.8, 4) is 5.75 Å². The lowest BCUT2D eigenvalue weighted by atomic mass is 10.1. The van der Waals surface area contributed by atoms with Crippen molar-refractivity contribution in [1.29, 1.82) is 0 Å². The van der Waals surface area contributed by atoms with Gasteiger partial charge >= 0.3 is 0 Å². The van der Waals surface area contributed by atoms with E-state index in [4.69, 9.17) is 4.74 Å². The van der Waals surface area contributed by atoms with Crippen molar-refractivity contribution in [3.63, 3.8) is 0 Å². The molecule has 16 heavy (non-hydrogen) atoms. The maximum atomic E-state index is 5.10. The number of ether oxygens (including phenoxy) is 1. The minimum atomic E-state index is 0.785. The Labute approximate surface area is 94.4 Å². The Kier molecular flexibility index (Phi) is 2.96. The highest BCUT2D eigenvalue weighted by atomic mass is 16.5. The van der Waals surface area contributed by atoms with Gasteiger partial charge in [-0.2, -0.15) is 0 Å². The first kappa shape index (κ1) is 10.4. The summed E-state index contributed by atoms with van der Waals surface area (Å²) in [6.45, 7) is 4.01. The van der Waals surface area contributed by atoms with E-state index in [9.17, 15) is 0 Å². The van der Waals surface area contributed by atoms with Crippen molar-refractivity contribution in [3.05, 3.63) is 60.7 Å². The average molecular weight is 212 g/mol. The fourth-order valence-corrected chi connectivity index (χ4v) is 1.40. The van der Waals surface area contributed by atoms with Gasteiger partial charge < -0.3 is 4.74 Å². The predicted molar refractivity (Wildman–Crippen MR) is 63.2 cm³/mol. The number of aromatic nitrogens is 2. The lowest BCUT2D eigenvalue weighted by Gasteiger charge is -2.05. The Morgan fingerprint density at radius 1 is 1.19 bits per heavy atom. The Hall–Kier alpha value is -2.16. The molecule has 0 atom stereocenters. The number of methoxy groups -OCH3 is 1. The molecule has 0 bridgehead atoms. The Balaban J connectivity index is 2.28. The van der Waals surface area contributed by atoms with Crippen LogP contribution in [0.15, 0.2) is 49.4 Å². The minimum Gasteiger partial charge on any atom is -0.497 e. The SMILES string of the molecule is C=C(c1ccc(OC)cc1)c1cnccn1. The lowest BCUT2D eigenvalue weighted by molar-refractivity contribution is 0.415. The summed E-state index contributed by atoms with van der Waals surface area (Å²) in [6, 6.07) is 7.71. The molecule has 1 aromatic heterocycles. The Morgan fingerprint density at radius 3 is 2.50 bits per heavy atom. The topological polar surface area (TPSA) is 35.0 Å². The third-order valence-corrected chi connectivity index (χ3v) is 2.31. The van der Waals surface area contributed by atoms with Gasteiger partial charge in [-0.25, -0.2) is 0 Å². The van der Waals surface area contributed by atoms with E-state index in [0.29, 0.717) is 0 Å². The molecule has 0 aliphatic heterocycles. The van der Waals surface area contributed by atoms with Crippen LogP contribution in [0.1, 0.15) is 11.3 Å². The van der Waals surface area contributed by atoms with Crippen LogP contribution in [-0.2, 0) is 0 Å². The molecule has 2 aromatic rings. The molecule has 0 aliphatic rings. The average Bonchev–Trinajstić information content (AvgIpc) is 2.39. The van der Waals surface area contributed by atoms with E-state index in [2.05, 4.69) is 16.5 Å². The first-order valence-electron chi connectivity index (χ1n) is 4.91. The van der Waals surface area contributed by atoms with E-state index in [0.717, 1.165) is 22.6 Å². The monoisotopic (exact) mass is 212 g/mol. The van der Waals surface area contributed by atoms with Crippen LogP contribution >= 0.6 is 0 Å². The Bertz CT molecular complexity index is 477.